The average Bonchev–Trinajstić information content (AvgIpc) is 2.62. The normalized spacial score (nSPS) is 23.9. The van der Waals surface area contributed by atoms with Crippen LogP contribution < -0.4 is 0 Å². The van der Waals surface area contributed by atoms with Crippen molar-refractivity contribution in [2.24, 2.45) is 11.8 Å². The zero-order valence-electron chi connectivity index (χ0n) is 15.1. The molecule has 2 aromatic carbocycles. The molecule has 0 bridgehead atoms. The summed E-state index contributed by atoms with van der Waals surface area (Å²) in [6.45, 7) is 3.72. The number of carbonyl (C=O) groups excluding carboxylic acids is 1. The van der Waals surface area contributed by atoms with Crippen molar-refractivity contribution in [1.82, 2.24) is 4.31 Å². The first-order chi connectivity index (χ1) is 12.7. The van der Waals surface area contributed by atoms with Gasteiger partial charge < -0.3 is 0 Å². The Morgan fingerprint density at radius 3 is 2.37 bits per heavy atom. The van der Waals surface area contributed by atoms with Gasteiger partial charge in [-0.3, -0.25) is 4.79 Å². The molecule has 0 amide bonds. The molecule has 0 spiro atoms. The van der Waals surface area contributed by atoms with Gasteiger partial charge in [0, 0.05) is 18.0 Å². The van der Waals surface area contributed by atoms with E-state index in [1.54, 1.807) is 49.4 Å². The van der Waals surface area contributed by atoms with Crippen LogP contribution in [0.25, 0.3) is 0 Å². The van der Waals surface area contributed by atoms with Crippen molar-refractivity contribution in [3.05, 3.63) is 65.5 Å². The summed E-state index contributed by atoms with van der Waals surface area (Å²) in [7, 11) is -3.86. The Balaban J connectivity index is 2.11. The Bertz CT molecular complexity index is 946. The van der Waals surface area contributed by atoms with Crippen LogP contribution in [0.1, 0.15) is 30.5 Å². The van der Waals surface area contributed by atoms with Crippen LogP contribution in [-0.4, -0.2) is 24.5 Å². The molecule has 0 N–H and O–H groups in total. The molecule has 3 unspecified atom stereocenters. The third kappa shape index (κ3) is 3.79. The zero-order chi connectivity index (χ0) is 19.8. The summed E-state index contributed by atoms with van der Waals surface area (Å²) in [6, 6.07) is 11.8. The van der Waals surface area contributed by atoms with Crippen LogP contribution >= 0.6 is 11.6 Å². The third-order valence-corrected chi connectivity index (χ3v) is 7.42. The SMILES string of the molecule is Cc1ccc(S(=O)(=O)N2CCC(C(=O)Cl)C(C)C2c2ccccc2F)cc1. The van der Waals surface area contributed by atoms with Crippen molar-refractivity contribution in [3.8, 4) is 0 Å². The molecule has 1 saturated heterocycles. The summed E-state index contributed by atoms with van der Waals surface area (Å²) >= 11 is 5.74. The van der Waals surface area contributed by atoms with Gasteiger partial charge in [0.2, 0.25) is 15.3 Å². The van der Waals surface area contributed by atoms with E-state index < -0.39 is 39.0 Å². The Hall–Kier alpha value is -1.76. The monoisotopic (exact) mass is 409 g/mol. The van der Waals surface area contributed by atoms with E-state index in [9.17, 15) is 17.6 Å². The fraction of sp³-hybridized carbons (Fsp3) is 0.350. The van der Waals surface area contributed by atoms with Crippen LogP contribution in [0.4, 0.5) is 4.39 Å². The predicted octanol–water partition coefficient (Wildman–Crippen LogP) is 4.29. The molecule has 7 heteroatoms. The van der Waals surface area contributed by atoms with E-state index in [0.717, 1.165) is 5.56 Å². The van der Waals surface area contributed by atoms with Crippen molar-refractivity contribution >= 4 is 26.9 Å². The first-order valence-electron chi connectivity index (χ1n) is 8.75. The summed E-state index contributed by atoms with van der Waals surface area (Å²) in [5, 5.41) is -0.517. The number of piperidine rings is 1. The number of hydrogen-bond acceptors (Lipinski definition) is 3. The second-order valence-electron chi connectivity index (χ2n) is 6.95. The predicted molar refractivity (Wildman–Crippen MR) is 102 cm³/mol. The Morgan fingerprint density at radius 1 is 1.15 bits per heavy atom. The first-order valence-corrected chi connectivity index (χ1v) is 10.6. The molecule has 2 aromatic rings. The van der Waals surface area contributed by atoms with Gasteiger partial charge in [-0.1, -0.05) is 42.8 Å². The zero-order valence-corrected chi connectivity index (χ0v) is 16.7. The number of rotatable bonds is 4. The van der Waals surface area contributed by atoms with Gasteiger partial charge in [-0.05, 0) is 49.1 Å². The fourth-order valence-electron chi connectivity index (χ4n) is 3.74. The molecule has 4 nitrogen and oxygen atoms in total. The van der Waals surface area contributed by atoms with Crippen LogP contribution in [-0.2, 0) is 14.8 Å². The van der Waals surface area contributed by atoms with Crippen molar-refractivity contribution < 1.29 is 17.6 Å². The molecule has 1 aliphatic heterocycles. The van der Waals surface area contributed by atoms with Crippen molar-refractivity contribution in [3.63, 3.8) is 0 Å². The summed E-state index contributed by atoms with van der Waals surface area (Å²) in [5.74, 6) is -1.48. The van der Waals surface area contributed by atoms with E-state index >= 15 is 0 Å². The third-order valence-electron chi connectivity index (χ3n) is 5.25. The molecular weight excluding hydrogens is 389 g/mol. The summed E-state index contributed by atoms with van der Waals surface area (Å²) in [4.78, 5) is 12.0. The lowest BCUT2D eigenvalue weighted by atomic mass is 9.79. The second kappa shape index (κ2) is 7.70. The highest BCUT2D eigenvalue weighted by molar-refractivity contribution is 7.89. The Kier molecular flexibility index (Phi) is 5.70. The molecule has 1 aliphatic rings. The topological polar surface area (TPSA) is 54.5 Å². The van der Waals surface area contributed by atoms with E-state index in [4.69, 9.17) is 11.6 Å². The van der Waals surface area contributed by atoms with Crippen molar-refractivity contribution in [2.45, 2.75) is 31.2 Å². The lowest BCUT2D eigenvalue weighted by Gasteiger charge is -2.42. The number of aryl methyl sites for hydroxylation is 1. The lowest BCUT2D eigenvalue weighted by molar-refractivity contribution is -0.118. The van der Waals surface area contributed by atoms with Crippen LogP contribution in [0.15, 0.2) is 53.4 Å². The highest BCUT2D eigenvalue weighted by atomic mass is 35.5. The fourth-order valence-corrected chi connectivity index (χ4v) is 5.75. The molecule has 1 fully saturated rings. The number of sulfonamides is 1. The maximum absolute atomic E-state index is 14.6. The number of nitrogens with zero attached hydrogens (tertiary/aromatic N) is 1. The summed E-state index contributed by atoms with van der Waals surface area (Å²) in [5.41, 5.74) is 1.20. The minimum Gasteiger partial charge on any atom is -0.281 e. The molecule has 0 radical (unpaired) electrons. The minimum absolute atomic E-state index is 0.0999. The molecule has 3 atom stereocenters. The van der Waals surface area contributed by atoms with Crippen molar-refractivity contribution in [1.29, 1.82) is 0 Å². The van der Waals surface area contributed by atoms with Gasteiger partial charge in [0.05, 0.1) is 10.9 Å². The van der Waals surface area contributed by atoms with E-state index in [2.05, 4.69) is 0 Å². The van der Waals surface area contributed by atoms with E-state index in [-0.39, 0.29) is 17.0 Å². The number of halogens is 2. The van der Waals surface area contributed by atoms with Gasteiger partial charge in [-0.15, -0.1) is 0 Å². The van der Waals surface area contributed by atoms with Gasteiger partial charge in [-0.25, -0.2) is 12.8 Å². The van der Waals surface area contributed by atoms with E-state index in [1.807, 2.05) is 6.92 Å². The van der Waals surface area contributed by atoms with Crippen LogP contribution in [0.5, 0.6) is 0 Å². The molecule has 27 heavy (non-hydrogen) atoms. The molecule has 144 valence electrons. The average molecular weight is 410 g/mol. The van der Waals surface area contributed by atoms with E-state index in [0.29, 0.717) is 6.42 Å². The Labute approximate surface area is 164 Å². The summed E-state index contributed by atoms with van der Waals surface area (Å²) < 4.78 is 42.5. The summed E-state index contributed by atoms with van der Waals surface area (Å²) in [6.07, 6.45) is 0.305. The highest BCUT2D eigenvalue weighted by Gasteiger charge is 2.45. The minimum atomic E-state index is -3.86. The van der Waals surface area contributed by atoms with Gasteiger partial charge in [0.15, 0.2) is 0 Å². The number of benzene rings is 2. The highest BCUT2D eigenvalue weighted by Crippen LogP contribution is 2.43. The molecule has 0 aliphatic carbocycles. The first kappa shape index (κ1) is 20.0. The Morgan fingerprint density at radius 2 is 1.78 bits per heavy atom. The molecule has 3 rings (SSSR count). The smallest absolute Gasteiger partial charge is 0.243 e. The largest absolute Gasteiger partial charge is 0.281 e. The van der Waals surface area contributed by atoms with Crippen LogP contribution in [0, 0.1) is 24.6 Å². The number of hydrogen-bond donors (Lipinski definition) is 0. The quantitative estimate of drug-likeness (QED) is 0.708. The van der Waals surface area contributed by atoms with E-state index in [1.165, 1.54) is 10.4 Å². The lowest BCUT2D eigenvalue weighted by Crippen LogP contribution is -2.47. The maximum atomic E-state index is 14.6. The molecule has 0 aromatic heterocycles. The van der Waals surface area contributed by atoms with Crippen LogP contribution in [0.3, 0.4) is 0 Å². The second-order valence-corrected chi connectivity index (χ2v) is 9.22. The van der Waals surface area contributed by atoms with Gasteiger partial charge in [0.1, 0.15) is 5.82 Å². The molecule has 0 saturated carbocycles. The molecule has 1 heterocycles. The van der Waals surface area contributed by atoms with Gasteiger partial charge in [0.25, 0.3) is 0 Å². The van der Waals surface area contributed by atoms with Gasteiger partial charge in [-0.2, -0.15) is 4.31 Å². The standard InChI is InChI=1S/C20H21ClFNO3S/c1-13-7-9-15(10-8-13)27(25,26)23-12-11-16(20(21)24)14(2)19(23)17-5-3-4-6-18(17)22/h3-10,14,16,19H,11-12H2,1-2H3. The molecular formula is C20H21ClFNO3S. The van der Waals surface area contributed by atoms with Crippen molar-refractivity contribution in [2.75, 3.05) is 6.54 Å². The maximum Gasteiger partial charge on any atom is 0.243 e. The van der Waals surface area contributed by atoms with Crippen LogP contribution in [0.2, 0.25) is 0 Å². The number of carbonyl (C=O) groups is 1. The van der Waals surface area contributed by atoms with Gasteiger partial charge >= 0.3 is 0 Å².